The van der Waals surface area contributed by atoms with Crippen molar-refractivity contribution in [2.75, 3.05) is 6.54 Å². The lowest BCUT2D eigenvalue weighted by molar-refractivity contribution is -0.122. The van der Waals surface area contributed by atoms with E-state index < -0.39 is 5.41 Å². The molecule has 19 heavy (non-hydrogen) atoms. The van der Waals surface area contributed by atoms with Crippen LogP contribution < -0.4 is 11.5 Å². The molecule has 0 aromatic heterocycles. The lowest BCUT2D eigenvalue weighted by Gasteiger charge is -2.31. The third kappa shape index (κ3) is 2.37. The van der Waals surface area contributed by atoms with Crippen LogP contribution in [-0.2, 0) is 10.2 Å². The summed E-state index contributed by atoms with van der Waals surface area (Å²) in [6, 6.07) is 19.2. The first-order valence-corrected chi connectivity index (χ1v) is 6.33. The molecule has 0 heterocycles. The molecule has 2 aromatic carbocycles. The zero-order chi connectivity index (χ0) is 13.7. The number of benzene rings is 2. The van der Waals surface area contributed by atoms with Gasteiger partial charge >= 0.3 is 0 Å². The molecular formula is C16H18N2O. The maximum atomic E-state index is 12.2. The van der Waals surface area contributed by atoms with Gasteiger partial charge in [0.15, 0.2) is 0 Å². The molecule has 0 aliphatic heterocycles. The summed E-state index contributed by atoms with van der Waals surface area (Å²) in [6.45, 7) is 0.396. The highest BCUT2D eigenvalue weighted by Crippen LogP contribution is 2.35. The molecule has 2 rings (SSSR count). The smallest absolute Gasteiger partial charge is 0.232 e. The number of primary amides is 1. The molecule has 0 aliphatic carbocycles. The molecule has 3 nitrogen and oxygen atoms in total. The van der Waals surface area contributed by atoms with Crippen molar-refractivity contribution in [3.05, 3.63) is 71.8 Å². The van der Waals surface area contributed by atoms with Gasteiger partial charge in [-0.15, -0.1) is 0 Å². The van der Waals surface area contributed by atoms with Crippen molar-refractivity contribution < 1.29 is 4.79 Å². The number of rotatable bonds is 5. The van der Waals surface area contributed by atoms with Gasteiger partial charge in [-0.2, -0.15) is 0 Å². The fraction of sp³-hybridized carbons (Fsp3) is 0.188. The van der Waals surface area contributed by atoms with Crippen LogP contribution in [0.1, 0.15) is 17.5 Å². The Morgan fingerprint density at radius 3 is 1.63 bits per heavy atom. The average Bonchev–Trinajstić information content (AvgIpc) is 2.46. The van der Waals surface area contributed by atoms with Crippen LogP contribution in [0.5, 0.6) is 0 Å². The summed E-state index contributed by atoms with van der Waals surface area (Å²) < 4.78 is 0. The van der Waals surface area contributed by atoms with Crippen LogP contribution in [0.15, 0.2) is 60.7 Å². The molecule has 0 bridgehead atoms. The van der Waals surface area contributed by atoms with Crippen molar-refractivity contribution in [3.63, 3.8) is 0 Å². The molecule has 0 unspecified atom stereocenters. The van der Waals surface area contributed by atoms with E-state index in [0.29, 0.717) is 13.0 Å². The summed E-state index contributed by atoms with van der Waals surface area (Å²) >= 11 is 0. The quantitative estimate of drug-likeness (QED) is 0.854. The van der Waals surface area contributed by atoms with Gasteiger partial charge in [0.2, 0.25) is 5.91 Å². The van der Waals surface area contributed by atoms with Crippen LogP contribution in [0.2, 0.25) is 0 Å². The highest BCUT2D eigenvalue weighted by Gasteiger charge is 2.39. The monoisotopic (exact) mass is 254 g/mol. The molecule has 0 saturated heterocycles. The van der Waals surface area contributed by atoms with Crippen molar-refractivity contribution in [2.24, 2.45) is 11.5 Å². The first-order valence-electron chi connectivity index (χ1n) is 6.33. The molecule has 0 saturated carbocycles. The molecule has 3 heteroatoms. The molecule has 0 atom stereocenters. The number of amides is 1. The van der Waals surface area contributed by atoms with Crippen LogP contribution in [0.25, 0.3) is 0 Å². The van der Waals surface area contributed by atoms with Crippen LogP contribution >= 0.6 is 0 Å². The Kier molecular flexibility index (Phi) is 3.97. The van der Waals surface area contributed by atoms with E-state index in [-0.39, 0.29) is 5.91 Å². The lowest BCUT2D eigenvalue weighted by Crippen LogP contribution is -2.43. The fourth-order valence-electron chi connectivity index (χ4n) is 2.52. The number of nitrogens with two attached hydrogens (primary N) is 2. The Bertz CT molecular complexity index is 498. The average molecular weight is 254 g/mol. The maximum absolute atomic E-state index is 12.2. The summed E-state index contributed by atoms with van der Waals surface area (Å²) in [5.41, 5.74) is 12.4. The van der Waals surface area contributed by atoms with E-state index in [0.717, 1.165) is 11.1 Å². The van der Waals surface area contributed by atoms with Crippen LogP contribution in [-0.4, -0.2) is 12.5 Å². The Labute approximate surface area is 113 Å². The van der Waals surface area contributed by atoms with Crippen LogP contribution in [0.4, 0.5) is 0 Å². The molecular weight excluding hydrogens is 236 g/mol. The van der Waals surface area contributed by atoms with Crippen LogP contribution in [0.3, 0.4) is 0 Å². The molecule has 2 aromatic rings. The normalized spacial score (nSPS) is 11.2. The molecule has 0 aliphatic rings. The third-order valence-corrected chi connectivity index (χ3v) is 3.47. The number of hydrogen-bond donors (Lipinski definition) is 2. The van der Waals surface area contributed by atoms with E-state index in [1.165, 1.54) is 0 Å². The topological polar surface area (TPSA) is 69.1 Å². The first-order chi connectivity index (χ1) is 9.21. The number of carbonyl (C=O) groups is 1. The zero-order valence-corrected chi connectivity index (χ0v) is 10.8. The molecule has 1 amide bonds. The molecule has 0 fully saturated rings. The lowest BCUT2D eigenvalue weighted by atomic mass is 9.71. The van der Waals surface area contributed by atoms with E-state index in [4.69, 9.17) is 11.5 Å². The van der Waals surface area contributed by atoms with Gasteiger partial charge in [-0.1, -0.05) is 60.7 Å². The maximum Gasteiger partial charge on any atom is 0.232 e. The second-order valence-electron chi connectivity index (χ2n) is 4.54. The van der Waals surface area contributed by atoms with Gasteiger partial charge in [-0.25, -0.2) is 0 Å². The van der Waals surface area contributed by atoms with Crippen LogP contribution in [0, 0.1) is 0 Å². The molecule has 0 radical (unpaired) electrons. The first kappa shape index (κ1) is 13.3. The van der Waals surface area contributed by atoms with E-state index in [1.807, 2.05) is 60.7 Å². The van der Waals surface area contributed by atoms with E-state index >= 15 is 0 Å². The largest absolute Gasteiger partial charge is 0.369 e. The van der Waals surface area contributed by atoms with Crippen molar-refractivity contribution in [1.82, 2.24) is 0 Å². The summed E-state index contributed by atoms with van der Waals surface area (Å²) in [7, 11) is 0. The van der Waals surface area contributed by atoms with Gasteiger partial charge < -0.3 is 11.5 Å². The minimum absolute atomic E-state index is 0.365. The molecule has 0 spiro atoms. The minimum atomic E-state index is -0.850. The highest BCUT2D eigenvalue weighted by molar-refractivity contribution is 5.90. The summed E-state index contributed by atoms with van der Waals surface area (Å²) in [4.78, 5) is 12.2. The highest BCUT2D eigenvalue weighted by atomic mass is 16.1. The summed E-state index contributed by atoms with van der Waals surface area (Å²) in [5.74, 6) is -0.365. The van der Waals surface area contributed by atoms with Gasteiger partial charge in [0, 0.05) is 0 Å². The Morgan fingerprint density at radius 1 is 0.895 bits per heavy atom. The molecule has 4 N–H and O–H groups in total. The molecule has 98 valence electrons. The second kappa shape index (κ2) is 5.67. The van der Waals surface area contributed by atoms with Crippen molar-refractivity contribution in [1.29, 1.82) is 0 Å². The van der Waals surface area contributed by atoms with E-state index in [1.54, 1.807) is 0 Å². The summed E-state index contributed by atoms with van der Waals surface area (Å²) in [5, 5.41) is 0. The van der Waals surface area contributed by atoms with Gasteiger partial charge in [0.25, 0.3) is 0 Å². The third-order valence-electron chi connectivity index (χ3n) is 3.47. The minimum Gasteiger partial charge on any atom is -0.369 e. The SMILES string of the molecule is NCCC(C(N)=O)(c1ccccc1)c1ccccc1. The number of carbonyl (C=O) groups excluding carboxylic acids is 1. The van der Waals surface area contributed by atoms with E-state index in [9.17, 15) is 4.79 Å². The standard InChI is InChI=1S/C16H18N2O/c17-12-11-16(15(18)19,13-7-3-1-4-8-13)14-9-5-2-6-10-14/h1-10H,11-12,17H2,(H2,18,19). The zero-order valence-electron chi connectivity index (χ0n) is 10.8. The number of hydrogen-bond acceptors (Lipinski definition) is 2. The van der Waals surface area contributed by atoms with E-state index in [2.05, 4.69) is 0 Å². The van der Waals surface area contributed by atoms with Crippen molar-refractivity contribution >= 4 is 5.91 Å². The van der Waals surface area contributed by atoms with Gasteiger partial charge in [-0.3, -0.25) is 4.79 Å². The van der Waals surface area contributed by atoms with Gasteiger partial charge in [-0.05, 0) is 24.1 Å². The van der Waals surface area contributed by atoms with Crippen molar-refractivity contribution in [3.8, 4) is 0 Å². The van der Waals surface area contributed by atoms with Gasteiger partial charge in [0.05, 0.1) is 5.41 Å². The van der Waals surface area contributed by atoms with Crippen molar-refractivity contribution in [2.45, 2.75) is 11.8 Å². The second-order valence-corrected chi connectivity index (χ2v) is 4.54. The Hall–Kier alpha value is -2.13. The Morgan fingerprint density at radius 2 is 1.32 bits per heavy atom. The fourth-order valence-corrected chi connectivity index (χ4v) is 2.52. The predicted molar refractivity (Wildman–Crippen MR) is 76.5 cm³/mol. The Balaban J connectivity index is 2.65. The summed E-state index contributed by atoms with van der Waals surface area (Å²) in [6.07, 6.45) is 0.496. The predicted octanol–water partition coefficient (Wildman–Crippen LogP) is 1.81. The van der Waals surface area contributed by atoms with Gasteiger partial charge in [0.1, 0.15) is 0 Å².